The lowest BCUT2D eigenvalue weighted by molar-refractivity contribution is 0.601. The number of hydrogen-bond donors (Lipinski definition) is 2. The molecule has 0 saturated heterocycles. The van der Waals surface area contributed by atoms with E-state index in [1.807, 2.05) is 0 Å². The van der Waals surface area contributed by atoms with Gasteiger partial charge in [0.25, 0.3) is 10.0 Å². The standard InChI is InChI=1S/C12H11Br2N3O2S/c1-7-9(13)4-5-12(16-7)17-20(18,19)8-2-3-10(14)11(15)6-8/h2-6H,15H2,1H3,(H,16,17). The van der Waals surface area contributed by atoms with E-state index in [2.05, 4.69) is 41.6 Å². The van der Waals surface area contributed by atoms with Gasteiger partial charge in [0, 0.05) is 14.6 Å². The molecule has 0 radical (unpaired) electrons. The normalized spacial score (nSPS) is 11.3. The first-order valence-corrected chi connectivity index (χ1v) is 8.57. The van der Waals surface area contributed by atoms with Crippen LogP contribution in [0.25, 0.3) is 0 Å². The zero-order valence-corrected chi connectivity index (χ0v) is 14.4. The summed E-state index contributed by atoms with van der Waals surface area (Å²) in [5.41, 5.74) is 6.74. The van der Waals surface area contributed by atoms with E-state index < -0.39 is 10.0 Å². The molecule has 1 aromatic carbocycles. The molecule has 5 nitrogen and oxygen atoms in total. The average Bonchev–Trinajstić information content (AvgIpc) is 2.37. The highest BCUT2D eigenvalue weighted by Crippen LogP contribution is 2.24. The monoisotopic (exact) mass is 419 g/mol. The van der Waals surface area contributed by atoms with E-state index in [0.717, 1.165) is 4.47 Å². The van der Waals surface area contributed by atoms with Gasteiger partial charge in [-0.15, -0.1) is 0 Å². The molecule has 1 heterocycles. The van der Waals surface area contributed by atoms with Gasteiger partial charge >= 0.3 is 0 Å². The van der Waals surface area contributed by atoms with Crippen LogP contribution in [0.1, 0.15) is 5.69 Å². The number of sulfonamides is 1. The van der Waals surface area contributed by atoms with Crippen molar-refractivity contribution in [3.63, 3.8) is 0 Å². The van der Waals surface area contributed by atoms with Crippen molar-refractivity contribution >= 4 is 53.4 Å². The summed E-state index contributed by atoms with van der Waals surface area (Å²) in [4.78, 5) is 4.23. The summed E-state index contributed by atoms with van der Waals surface area (Å²) in [5.74, 6) is 0.257. The van der Waals surface area contributed by atoms with E-state index in [4.69, 9.17) is 5.73 Å². The van der Waals surface area contributed by atoms with E-state index in [-0.39, 0.29) is 10.7 Å². The Kier molecular flexibility index (Phi) is 4.36. The molecule has 0 aliphatic rings. The van der Waals surface area contributed by atoms with Crippen LogP contribution in [0, 0.1) is 6.92 Å². The lowest BCUT2D eigenvalue weighted by Crippen LogP contribution is -2.14. The molecule has 20 heavy (non-hydrogen) atoms. The lowest BCUT2D eigenvalue weighted by Gasteiger charge is -2.09. The Morgan fingerprint density at radius 3 is 2.40 bits per heavy atom. The van der Waals surface area contributed by atoms with E-state index in [1.54, 1.807) is 25.1 Å². The number of hydrogen-bond acceptors (Lipinski definition) is 4. The molecule has 3 N–H and O–H groups in total. The molecule has 0 unspecified atom stereocenters. The van der Waals surface area contributed by atoms with Gasteiger partial charge in [-0.25, -0.2) is 13.4 Å². The highest BCUT2D eigenvalue weighted by Gasteiger charge is 2.16. The Morgan fingerprint density at radius 1 is 1.15 bits per heavy atom. The lowest BCUT2D eigenvalue weighted by atomic mass is 10.3. The molecule has 106 valence electrons. The molecule has 0 spiro atoms. The number of aromatic nitrogens is 1. The van der Waals surface area contributed by atoms with Crippen molar-refractivity contribution in [1.29, 1.82) is 0 Å². The largest absolute Gasteiger partial charge is 0.398 e. The molecule has 0 fully saturated rings. The summed E-state index contributed by atoms with van der Waals surface area (Å²) in [6, 6.07) is 7.75. The third-order valence-corrected chi connectivity index (χ3v) is 5.45. The van der Waals surface area contributed by atoms with Gasteiger partial charge in [0.05, 0.1) is 10.6 Å². The number of nitrogens with zero attached hydrogens (tertiary/aromatic N) is 1. The van der Waals surface area contributed by atoms with Gasteiger partial charge in [0.2, 0.25) is 0 Å². The van der Waals surface area contributed by atoms with Crippen LogP contribution in [0.15, 0.2) is 44.2 Å². The molecule has 1 aromatic heterocycles. The second kappa shape index (κ2) is 5.71. The van der Waals surface area contributed by atoms with Gasteiger partial charge in [0.15, 0.2) is 0 Å². The molecule has 0 amide bonds. The van der Waals surface area contributed by atoms with E-state index >= 15 is 0 Å². The van der Waals surface area contributed by atoms with Crippen LogP contribution in [0.2, 0.25) is 0 Å². The number of aryl methyl sites for hydroxylation is 1. The minimum Gasteiger partial charge on any atom is -0.398 e. The first-order valence-electron chi connectivity index (χ1n) is 5.50. The number of anilines is 2. The Morgan fingerprint density at radius 2 is 1.80 bits per heavy atom. The van der Waals surface area contributed by atoms with Gasteiger partial charge in [-0.2, -0.15) is 0 Å². The molecule has 0 aliphatic carbocycles. The maximum absolute atomic E-state index is 12.2. The third kappa shape index (κ3) is 3.31. The maximum Gasteiger partial charge on any atom is 0.263 e. The summed E-state index contributed by atoms with van der Waals surface area (Å²) in [5, 5.41) is 0. The average molecular weight is 421 g/mol. The van der Waals surface area contributed by atoms with Gasteiger partial charge in [0.1, 0.15) is 5.82 Å². The molecule has 2 rings (SSSR count). The smallest absolute Gasteiger partial charge is 0.263 e. The summed E-state index contributed by atoms with van der Waals surface area (Å²) < 4.78 is 28.3. The second-order valence-corrected chi connectivity index (χ2v) is 7.44. The predicted octanol–water partition coefficient (Wildman–Crippen LogP) is 3.30. The fourth-order valence-electron chi connectivity index (χ4n) is 1.49. The summed E-state index contributed by atoms with van der Waals surface area (Å²) in [6.45, 7) is 1.78. The van der Waals surface area contributed by atoms with Gasteiger partial charge < -0.3 is 5.73 Å². The number of nitrogens with one attached hydrogen (secondary N) is 1. The zero-order chi connectivity index (χ0) is 14.9. The summed E-state index contributed by atoms with van der Waals surface area (Å²) in [7, 11) is -3.71. The van der Waals surface area contributed by atoms with Crippen molar-refractivity contribution in [1.82, 2.24) is 4.98 Å². The van der Waals surface area contributed by atoms with Crippen molar-refractivity contribution in [3.05, 3.63) is 45.0 Å². The van der Waals surface area contributed by atoms with Gasteiger partial charge in [-0.05, 0) is 69.1 Å². The fourth-order valence-corrected chi connectivity index (χ4v) is 2.99. The topological polar surface area (TPSA) is 85.1 Å². The van der Waals surface area contributed by atoms with E-state index in [0.29, 0.717) is 15.9 Å². The number of nitrogen functional groups attached to an aromatic ring is 1. The van der Waals surface area contributed by atoms with Crippen LogP contribution in [0.5, 0.6) is 0 Å². The van der Waals surface area contributed by atoms with E-state index in [9.17, 15) is 8.42 Å². The SMILES string of the molecule is Cc1nc(NS(=O)(=O)c2ccc(Br)c(N)c2)ccc1Br. The number of halogens is 2. The van der Waals surface area contributed by atoms with Crippen LogP contribution in [0.3, 0.4) is 0 Å². The fraction of sp³-hybridized carbons (Fsp3) is 0.0833. The Hall–Kier alpha value is -1.12. The second-order valence-electron chi connectivity index (χ2n) is 4.05. The molecule has 2 aromatic rings. The molecule has 0 atom stereocenters. The molecular formula is C12H11Br2N3O2S. The minimum absolute atomic E-state index is 0.0839. The van der Waals surface area contributed by atoms with Crippen molar-refractivity contribution in [3.8, 4) is 0 Å². The zero-order valence-electron chi connectivity index (χ0n) is 10.4. The van der Waals surface area contributed by atoms with Crippen molar-refractivity contribution in [2.75, 3.05) is 10.5 Å². The van der Waals surface area contributed by atoms with Crippen LogP contribution < -0.4 is 10.5 Å². The number of nitrogens with two attached hydrogens (primary N) is 1. The molecule has 0 aliphatic heterocycles. The van der Waals surface area contributed by atoms with E-state index in [1.165, 1.54) is 12.1 Å². The minimum atomic E-state index is -3.71. The molecule has 0 bridgehead atoms. The van der Waals surface area contributed by atoms with Gasteiger partial charge in [-0.1, -0.05) is 0 Å². The Labute approximate surface area is 133 Å². The van der Waals surface area contributed by atoms with Crippen molar-refractivity contribution in [2.45, 2.75) is 11.8 Å². The summed E-state index contributed by atoms with van der Waals surface area (Å²) in [6.07, 6.45) is 0. The predicted molar refractivity (Wildman–Crippen MR) is 86.0 cm³/mol. The van der Waals surface area contributed by atoms with Crippen molar-refractivity contribution < 1.29 is 8.42 Å². The summed E-state index contributed by atoms with van der Waals surface area (Å²) >= 11 is 6.53. The number of rotatable bonds is 3. The third-order valence-electron chi connectivity index (χ3n) is 2.54. The van der Waals surface area contributed by atoms with Crippen LogP contribution in [-0.4, -0.2) is 13.4 Å². The Balaban J connectivity index is 2.35. The highest BCUT2D eigenvalue weighted by molar-refractivity contribution is 9.10. The van der Waals surface area contributed by atoms with Gasteiger partial charge in [-0.3, -0.25) is 4.72 Å². The Bertz CT molecular complexity index is 763. The highest BCUT2D eigenvalue weighted by atomic mass is 79.9. The van der Waals surface area contributed by atoms with Crippen LogP contribution in [0.4, 0.5) is 11.5 Å². The first kappa shape index (κ1) is 15.3. The van der Waals surface area contributed by atoms with Crippen LogP contribution >= 0.6 is 31.9 Å². The van der Waals surface area contributed by atoms with Crippen molar-refractivity contribution in [2.24, 2.45) is 0 Å². The number of benzene rings is 1. The first-order chi connectivity index (χ1) is 9.29. The maximum atomic E-state index is 12.2. The molecule has 8 heteroatoms. The molecular weight excluding hydrogens is 410 g/mol. The number of pyridine rings is 1. The quantitative estimate of drug-likeness (QED) is 0.746. The molecule has 0 saturated carbocycles. The van der Waals surface area contributed by atoms with Crippen LogP contribution in [-0.2, 0) is 10.0 Å².